The van der Waals surface area contributed by atoms with Crippen molar-refractivity contribution >= 4 is 11.0 Å². The van der Waals surface area contributed by atoms with Gasteiger partial charge < -0.3 is 10.3 Å². The van der Waals surface area contributed by atoms with Gasteiger partial charge in [0.05, 0.1) is 17.1 Å². The number of hydrogen-bond donors (Lipinski definition) is 1. The number of aromatic nitrogens is 2. The molecular formula is C16H22N4. The first-order valence-electron chi connectivity index (χ1n) is 7.14. The van der Waals surface area contributed by atoms with E-state index < -0.39 is 5.54 Å². The van der Waals surface area contributed by atoms with Crippen molar-refractivity contribution < 1.29 is 0 Å². The number of hydrogen-bond acceptors (Lipinski definition) is 3. The number of nitrogens with zero attached hydrogens (tertiary/aromatic N) is 3. The maximum Gasteiger partial charge on any atom is 0.110 e. The molecule has 0 saturated heterocycles. The molecule has 0 saturated carbocycles. The minimum absolute atomic E-state index is 0.151. The fourth-order valence-electron chi connectivity index (χ4n) is 2.74. The largest absolute Gasteiger partial charge is 0.325 e. The number of nitriles is 1. The first-order chi connectivity index (χ1) is 9.48. The van der Waals surface area contributed by atoms with Crippen LogP contribution in [0.3, 0.4) is 0 Å². The molecule has 0 radical (unpaired) electrons. The Kier molecular flexibility index (Phi) is 4.10. The highest BCUT2D eigenvalue weighted by molar-refractivity contribution is 5.76. The summed E-state index contributed by atoms with van der Waals surface area (Å²) in [6.07, 6.45) is 2.60. The third-order valence-electron chi connectivity index (χ3n) is 3.56. The van der Waals surface area contributed by atoms with Gasteiger partial charge in [-0.3, -0.25) is 0 Å². The van der Waals surface area contributed by atoms with Crippen molar-refractivity contribution in [1.82, 2.24) is 9.55 Å². The maximum atomic E-state index is 9.13. The number of imidazole rings is 1. The van der Waals surface area contributed by atoms with E-state index in [1.807, 2.05) is 18.2 Å². The van der Waals surface area contributed by atoms with Crippen LogP contribution < -0.4 is 5.73 Å². The molecule has 0 amide bonds. The Balaban J connectivity index is 2.46. The van der Waals surface area contributed by atoms with Crippen LogP contribution in [0.15, 0.2) is 24.3 Å². The van der Waals surface area contributed by atoms with Gasteiger partial charge in [-0.05, 0) is 38.8 Å². The van der Waals surface area contributed by atoms with Crippen LogP contribution in [0.4, 0.5) is 0 Å². The second-order valence-corrected chi connectivity index (χ2v) is 5.72. The third kappa shape index (κ3) is 2.83. The zero-order valence-electron chi connectivity index (χ0n) is 12.4. The topological polar surface area (TPSA) is 67.6 Å². The van der Waals surface area contributed by atoms with E-state index in [2.05, 4.69) is 30.6 Å². The lowest BCUT2D eigenvalue weighted by molar-refractivity contribution is 0.410. The number of nitrogens with two attached hydrogens (primary N) is 1. The van der Waals surface area contributed by atoms with E-state index in [1.165, 1.54) is 0 Å². The van der Waals surface area contributed by atoms with Crippen molar-refractivity contribution in [3.63, 3.8) is 0 Å². The van der Waals surface area contributed by atoms with Gasteiger partial charge in [-0.15, -0.1) is 0 Å². The van der Waals surface area contributed by atoms with Crippen LogP contribution >= 0.6 is 0 Å². The summed E-state index contributed by atoms with van der Waals surface area (Å²) >= 11 is 0. The van der Waals surface area contributed by atoms with Crippen molar-refractivity contribution in [1.29, 1.82) is 5.26 Å². The Morgan fingerprint density at radius 3 is 2.80 bits per heavy atom. The summed E-state index contributed by atoms with van der Waals surface area (Å²) in [4.78, 5) is 4.72. The monoisotopic (exact) mass is 270 g/mol. The summed E-state index contributed by atoms with van der Waals surface area (Å²) in [5.74, 6) is 1.08. The van der Waals surface area contributed by atoms with Gasteiger partial charge in [-0.1, -0.05) is 19.1 Å². The molecule has 2 unspecified atom stereocenters. The molecular weight excluding hydrogens is 248 g/mol. The fraction of sp³-hybridized carbons (Fsp3) is 0.500. The summed E-state index contributed by atoms with van der Waals surface area (Å²) in [7, 11) is 0. The van der Waals surface area contributed by atoms with Gasteiger partial charge in [0, 0.05) is 12.5 Å². The van der Waals surface area contributed by atoms with Crippen LogP contribution in [0.5, 0.6) is 0 Å². The molecule has 0 bridgehead atoms. The molecule has 0 aliphatic heterocycles. The lowest BCUT2D eigenvalue weighted by atomic mass is 9.96. The van der Waals surface area contributed by atoms with E-state index in [4.69, 9.17) is 16.0 Å². The Morgan fingerprint density at radius 2 is 2.15 bits per heavy atom. The molecule has 20 heavy (non-hydrogen) atoms. The minimum atomic E-state index is -0.811. The predicted octanol–water partition coefficient (Wildman–Crippen LogP) is 3.18. The number of para-hydroxylation sites is 2. The zero-order valence-corrected chi connectivity index (χ0v) is 12.4. The molecule has 2 N–H and O–H groups in total. The summed E-state index contributed by atoms with van der Waals surface area (Å²) in [5.41, 5.74) is 7.32. The van der Waals surface area contributed by atoms with Gasteiger partial charge in [-0.2, -0.15) is 5.26 Å². The lowest BCUT2D eigenvalue weighted by Crippen LogP contribution is -2.36. The van der Waals surface area contributed by atoms with E-state index in [0.29, 0.717) is 6.42 Å². The second-order valence-electron chi connectivity index (χ2n) is 5.72. The van der Waals surface area contributed by atoms with Crippen molar-refractivity contribution in [3.05, 3.63) is 30.1 Å². The summed E-state index contributed by atoms with van der Waals surface area (Å²) in [6.45, 7) is 6.04. The average molecular weight is 270 g/mol. The van der Waals surface area contributed by atoms with Gasteiger partial charge >= 0.3 is 0 Å². The molecule has 4 heteroatoms. The predicted molar refractivity (Wildman–Crippen MR) is 81.3 cm³/mol. The van der Waals surface area contributed by atoms with Crippen molar-refractivity contribution in [2.24, 2.45) is 5.73 Å². The number of fused-ring (bicyclic) bond motifs is 1. The van der Waals surface area contributed by atoms with Gasteiger partial charge in [0.2, 0.25) is 0 Å². The summed E-state index contributed by atoms with van der Waals surface area (Å²) in [5, 5.41) is 9.13. The standard InChI is InChI=1S/C16H22N4/c1-4-7-15-19-13-8-5-6-9-14(13)20(15)12(2)10-16(3,18)11-17/h5-6,8-9,12H,4,7,10,18H2,1-3H3. The molecule has 106 valence electrons. The molecule has 1 heterocycles. The normalized spacial score (nSPS) is 15.8. The molecule has 0 aliphatic rings. The number of rotatable bonds is 5. The number of benzene rings is 1. The second kappa shape index (κ2) is 5.64. The Bertz CT molecular complexity index is 633. The quantitative estimate of drug-likeness (QED) is 0.907. The summed E-state index contributed by atoms with van der Waals surface area (Å²) < 4.78 is 2.24. The molecule has 2 aromatic rings. The molecule has 1 aromatic carbocycles. The number of aryl methyl sites for hydroxylation is 1. The average Bonchev–Trinajstić information content (AvgIpc) is 2.76. The summed E-state index contributed by atoms with van der Waals surface area (Å²) in [6, 6.07) is 10.5. The van der Waals surface area contributed by atoms with Crippen LogP contribution in [0.1, 0.15) is 45.5 Å². The van der Waals surface area contributed by atoms with E-state index in [0.717, 1.165) is 29.7 Å². The smallest absolute Gasteiger partial charge is 0.110 e. The molecule has 4 nitrogen and oxygen atoms in total. The Labute approximate surface area is 120 Å². The van der Waals surface area contributed by atoms with Crippen molar-refractivity contribution in [2.45, 2.75) is 51.6 Å². The highest BCUT2D eigenvalue weighted by Gasteiger charge is 2.24. The minimum Gasteiger partial charge on any atom is -0.325 e. The zero-order chi connectivity index (χ0) is 14.8. The van der Waals surface area contributed by atoms with Crippen molar-refractivity contribution in [2.75, 3.05) is 0 Å². The van der Waals surface area contributed by atoms with E-state index in [9.17, 15) is 0 Å². The van der Waals surface area contributed by atoms with Crippen LogP contribution in [-0.4, -0.2) is 15.1 Å². The molecule has 0 aliphatic carbocycles. The fourth-order valence-corrected chi connectivity index (χ4v) is 2.74. The van der Waals surface area contributed by atoms with Crippen LogP contribution in [-0.2, 0) is 6.42 Å². The van der Waals surface area contributed by atoms with E-state index in [-0.39, 0.29) is 6.04 Å². The highest BCUT2D eigenvalue weighted by Crippen LogP contribution is 2.26. The van der Waals surface area contributed by atoms with Gasteiger partial charge in [0.15, 0.2) is 0 Å². The maximum absolute atomic E-state index is 9.13. The molecule has 2 rings (SSSR count). The van der Waals surface area contributed by atoms with Crippen molar-refractivity contribution in [3.8, 4) is 6.07 Å². The van der Waals surface area contributed by atoms with E-state index in [1.54, 1.807) is 6.92 Å². The van der Waals surface area contributed by atoms with E-state index >= 15 is 0 Å². The Morgan fingerprint density at radius 1 is 1.45 bits per heavy atom. The molecule has 0 spiro atoms. The van der Waals surface area contributed by atoms with Gasteiger partial charge in [-0.25, -0.2) is 4.98 Å². The third-order valence-corrected chi connectivity index (χ3v) is 3.56. The first-order valence-corrected chi connectivity index (χ1v) is 7.14. The molecule has 1 aromatic heterocycles. The Hall–Kier alpha value is -1.86. The lowest BCUT2D eigenvalue weighted by Gasteiger charge is -2.24. The first kappa shape index (κ1) is 14.5. The van der Waals surface area contributed by atoms with Crippen LogP contribution in [0.25, 0.3) is 11.0 Å². The SMILES string of the molecule is CCCc1nc2ccccc2n1C(C)CC(C)(N)C#N. The highest BCUT2D eigenvalue weighted by atomic mass is 15.1. The van der Waals surface area contributed by atoms with Crippen LogP contribution in [0, 0.1) is 11.3 Å². The van der Waals surface area contributed by atoms with Gasteiger partial charge in [0.25, 0.3) is 0 Å². The molecule has 2 atom stereocenters. The van der Waals surface area contributed by atoms with Gasteiger partial charge in [0.1, 0.15) is 11.4 Å². The van der Waals surface area contributed by atoms with Crippen LogP contribution in [0.2, 0.25) is 0 Å². The molecule has 0 fully saturated rings.